The molecule has 7 heteroatoms. The summed E-state index contributed by atoms with van der Waals surface area (Å²) in [5.74, 6) is -2.39. The summed E-state index contributed by atoms with van der Waals surface area (Å²) in [6.45, 7) is 1.68. The Morgan fingerprint density at radius 2 is 1.83 bits per heavy atom. The van der Waals surface area contributed by atoms with E-state index in [-0.39, 0.29) is 4.90 Å². The van der Waals surface area contributed by atoms with Crippen molar-refractivity contribution in [3.05, 3.63) is 29.8 Å². The van der Waals surface area contributed by atoms with E-state index in [1.54, 1.807) is 25.1 Å². The zero-order chi connectivity index (χ0) is 16.7. The van der Waals surface area contributed by atoms with E-state index >= 15 is 0 Å². The minimum absolute atomic E-state index is 0.0905. The normalized spacial score (nSPS) is 27.2. The van der Waals surface area contributed by atoms with Crippen LogP contribution >= 0.6 is 0 Å². The van der Waals surface area contributed by atoms with Gasteiger partial charge in [0.05, 0.1) is 4.90 Å². The molecule has 3 rings (SSSR count). The summed E-state index contributed by atoms with van der Waals surface area (Å²) < 4.78 is 37.2. The van der Waals surface area contributed by atoms with Crippen LogP contribution in [0.4, 0.5) is 0 Å². The fourth-order valence-corrected chi connectivity index (χ4v) is 5.14. The van der Waals surface area contributed by atoms with Crippen molar-refractivity contribution < 1.29 is 27.8 Å². The average Bonchev–Trinajstić information content (AvgIpc) is 2.88. The highest BCUT2D eigenvalue weighted by molar-refractivity contribution is 7.92. The second-order valence-electron chi connectivity index (χ2n) is 6.14. The van der Waals surface area contributed by atoms with Crippen LogP contribution in [0.3, 0.4) is 0 Å². The van der Waals surface area contributed by atoms with Crippen molar-refractivity contribution in [2.24, 2.45) is 0 Å². The molecule has 1 N–H and O–H groups in total. The van der Waals surface area contributed by atoms with Gasteiger partial charge in [-0.15, -0.1) is 0 Å². The van der Waals surface area contributed by atoms with Crippen LogP contribution in [0.5, 0.6) is 0 Å². The molecule has 0 aromatic heterocycles. The molecule has 1 aromatic carbocycles. The molecular weight excluding hydrogens is 320 g/mol. The van der Waals surface area contributed by atoms with Crippen LogP contribution in [0, 0.1) is 6.92 Å². The van der Waals surface area contributed by atoms with Gasteiger partial charge in [0, 0.05) is 12.8 Å². The average molecular weight is 340 g/mol. The highest BCUT2D eigenvalue weighted by Crippen LogP contribution is 2.43. The lowest BCUT2D eigenvalue weighted by molar-refractivity contribution is -0.195. The van der Waals surface area contributed by atoms with E-state index in [1.165, 1.54) is 6.07 Å². The van der Waals surface area contributed by atoms with Crippen molar-refractivity contribution in [2.45, 2.75) is 61.3 Å². The Labute approximate surface area is 135 Å². The van der Waals surface area contributed by atoms with Crippen LogP contribution in [0.15, 0.2) is 29.2 Å². The number of carboxylic acids is 1. The fourth-order valence-electron chi connectivity index (χ4n) is 3.31. The van der Waals surface area contributed by atoms with Crippen LogP contribution in [0.25, 0.3) is 0 Å². The Balaban J connectivity index is 1.99. The van der Waals surface area contributed by atoms with E-state index in [0.29, 0.717) is 18.4 Å². The van der Waals surface area contributed by atoms with Crippen LogP contribution < -0.4 is 0 Å². The van der Waals surface area contributed by atoms with Gasteiger partial charge in [-0.3, -0.25) is 0 Å². The SMILES string of the molecule is Cc1ccccc1S(=O)(=O)[C@H]1OC2(CCCCC2)O[C@H]1C(=O)O. The number of hydrogen-bond donors (Lipinski definition) is 1. The summed E-state index contributed by atoms with van der Waals surface area (Å²) in [5.41, 5.74) is -0.955. The Morgan fingerprint density at radius 3 is 2.43 bits per heavy atom. The highest BCUT2D eigenvalue weighted by Gasteiger charge is 2.56. The number of carbonyl (C=O) groups is 1. The maximum Gasteiger partial charge on any atom is 0.336 e. The number of aliphatic carboxylic acids is 1. The molecule has 1 aliphatic heterocycles. The van der Waals surface area contributed by atoms with Gasteiger partial charge in [0.1, 0.15) is 0 Å². The molecule has 1 heterocycles. The predicted octanol–water partition coefficient (Wildman–Crippen LogP) is 2.26. The molecule has 2 aliphatic rings. The minimum atomic E-state index is -3.97. The van der Waals surface area contributed by atoms with Gasteiger partial charge in [0.2, 0.25) is 15.3 Å². The number of hydrogen-bond acceptors (Lipinski definition) is 5. The Kier molecular flexibility index (Phi) is 4.20. The van der Waals surface area contributed by atoms with Gasteiger partial charge in [-0.2, -0.15) is 0 Å². The molecule has 2 fully saturated rings. The third-order valence-corrected chi connectivity index (χ3v) is 6.51. The van der Waals surface area contributed by atoms with Gasteiger partial charge in [-0.25, -0.2) is 13.2 Å². The number of ether oxygens (including phenoxy) is 2. The molecule has 23 heavy (non-hydrogen) atoms. The van der Waals surface area contributed by atoms with Gasteiger partial charge in [-0.1, -0.05) is 24.6 Å². The zero-order valence-corrected chi connectivity index (χ0v) is 13.7. The summed E-state index contributed by atoms with van der Waals surface area (Å²) in [6, 6.07) is 6.49. The van der Waals surface area contributed by atoms with Crippen LogP contribution in [-0.2, 0) is 24.1 Å². The molecule has 0 bridgehead atoms. The second-order valence-corrected chi connectivity index (χ2v) is 8.14. The summed E-state index contributed by atoms with van der Waals surface area (Å²) in [7, 11) is -3.97. The first kappa shape index (κ1) is 16.4. The van der Waals surface area contributed by atoms with E-state index in [1.807, 2.05) is 0 Å². The maximum absolute atomic E-state index is 12.9. The van der Waals surface area contributed by atoms with Crippen molar-refractivity contribution in [2.75, 3.05) is 0 Å². The second kappa shape index (κ2) is 5.89. The van der Waals surface area contributed by atoms with Crippen LogP contribution in [0.2, 0.25) is 0 Å². The molecule has 6 nitrogen and oxygen atoms in total. The number of rotatable bonds is 3. The molecule has 0 unspecified atom stereocenters. The molecule has 1 aliphatic carbocycles. The van der Waals surface area contributed by atoms with Crippen LogP contribution in [-0.4, -0.2) is 36.8 Å². The lowest BCUT2D eigenvalue weighted by atomic mass is 9.94. The van der Waals surface area contributed by atoms with E-state index in [9.17, 15) is 18.3 Å². The van der Waals surface area contributed by atoms with E-state index in [2.05, 4.69) is 0 Å². The lowest BCUT2D eigenvalue weighted by Crippen LogP contribution is -2.37. The molecule has 126 valence electrons. The van der Waals surface area contributed by atoms with Gasteiger partial charge in [0.25, 0.3) is 0 Å². The standard InChI is InChI=1S/C16H20O6S/c1-11-7-3-4-8-12(11)23(19,20)15-13(14(17)18)21-16(22-15)9-5-2-6-10-16/h3-4,7-8,13,15H,2,5-6,9-10H2,1H3,(H,17,18)/t13-,15+/m0/s1. The van der Waals surface area contributed by atoms with Crippen molar-refractivity contribution >= 4 is 15.8 Å². The predicted molar refractivity (Wildman–Crippen MR) is 81.6 cm³/mol. The number of sulfone groups is 1. The Morgan fingerprint density at radius 1 is 1.17 bits per heavy atom. The molecular formula is C16H20O6S. The summed E-state index contributed by atoms with van der Waals surface area (Å²) in [5, 5.41) is 9.41. The number of benzene rings is 1. The molecule has 1 aromatic rings. The smallest absolute Gasteiger partial charge is 0.336 e. The molecule has 1 spiro atoms. The van der Waals surface area contributed by atoms with Crippen molar-refractivity contribution in [1.82, 2.24) is 0 Å². The van der Waals surface area contributed by atoms with Crippen molar-refractivity contribution in [3.8, 4) is 0 Å². The Hall–Kier alpha value is -1.44. The highest BCUT2D eigenvalue weighted by atomic mass is 32.2. The first-order chi connectivity index (χ1) is 10.9. The molecule has 1 saturated heterocycles. The van der Waals surface area contributed by atoms with Gasteiger partial charge < -0.3 is 14.6 Å². The first-order valence-electron chi connectivity index (χ1n) is 7.74. The molecule has 0 amide bonds. The number of carboxylic acid groups (broad SMARTS) is 1. The topological polar surface area (TPSA) is 89.9 Å². The quantitative estimate of drug-likeness (QED) is 0.908. The van der Waals surface area contributed by atoms with E-state index in [4.69, 9.17) is 9.47 Å². The Bertz CT molecular complexity index is 705. The van der Waals surface area contributed by atoms with Crippen LogP contribution in [0.1, 0.15) is 37.7 Å². The van der Waals surface area contributed by atoms with Crippen molar-refractivity contribution in [1.29, 1.82) is 0 Å². The van der Waals surface area contributed by atoms with E-state index in [0.717, 1.165) is 19.3 Å². The molecule has 1 saturated carbocycles. The first-order valence-corrected chi connectivity index (χ1v) is 9.28. The summed E-state index contributed by atoms with van der Waals surface area (Å²) in [6.07, 6.45) is 2.24. The minimum Gasteiger partial charge on any atom is -0.479 e. The lowest BCUT2D eigenvalue weighted by Gasteiger charge is -2.31. The monoisotopic (exact) mass is 340 g/mol. The maximum atomic E-state index is 12.9. The molecule has 2 atom stereocenters. The fraction of sp³-hybridized carbons (Fsp3) is 0.562. The van der Waals surface area contributed by atoms with Gasteiger partial charge in [0.15, 0.2) is 11.9 Å². The largest absolute Gasteiger partial charge is 0.479 e. The zero-order valence-electron chi connectivity index (χ0n) is 12.9. The molecule has 0 radical (unpaired) electrons. The van der Waals surface area contributed by atoms with Gasteiger partial charge >= 0.3 is 5.97 Å². The van der Waals surface area contributed by atoms with Crippen molar-refractivity contribution in [3.63, 3.8) is 0 Å². The summed E-state index contributed by atoms with van der Waals surface area (Å²) in [4.78, 5) is 11.6. The van der Waals surface area contributed by atoms with E-state index < -0.39 is 33.1 Å². The number of aryl methyl sites for hydroxylation is 1. The third-order valence-electron chi connectivity index (χ3n) is 4.48. The van der Waals surface area contributed by atoms with Gasteiger partial charge in [-0.05, 0) is 31.4 Å². The summed E-state index contributed by atoms with van der Waals surface area (Å²) >= 11 is 0. The third kappa shape index (κ3) is 2.88.